The molecule has 1 aliphatic carbocycles. The number of nitrogens with one attached hydrogen (secondary N) is 1. The molecule has 2 aromatic rings. The zero-order valence-corrected chi connectivity index (χ0v) is 20.5. The molecule has 0 saturated heterocycles. The standard InChI is InChI=1S/C26H28F3N3O5/c1-26(2)10-8-14-12-15(13-17(27)22(14)26)30-24(36)23-16-6-7-19(37-25(28)29)31-18(16)9-11-32(23)20(33)4-3-5-21(34)35/h6-7,12-13,23,25H,3-5,8-11H2,1-2H3,(H,30,36)(H,34,35). The molecular weight excluding hydrogens is 491 g/mol. The molecular formula is C26H28F3N3O5. The Balaban J connectivity index is 1.63. The number of carbonyl (C=O) groups is 3. The quantitative estimate of drug-likeness (QED) is 0.536. The fourth-order valence-corrected chi connectivity index (χ4v) is 5.18. The van der Waals surface area contributed by atoms with E-state index in [0.29, 0.717) is 23.2 Å². The third kappa shape index (κ3) is 5.70. The average Bonchev–Trinajstić information content (AvgIpc) is 3.12. The van der Waals surface area contributed by atoms with Crippen LogP contribution in [-0.4, -0.2) is 45.9 Å². The highest BCUT2D eigenvalue weighted by Crippen LogP contribution is 2.41. The third-order valence-electron chi connectivity index (χ3n) is 6.87. The summed E-state index contributed by atoms with van der Waals surface area (Å²) in [5.41, 5.74) is 2.03. The molecule has 11 heteroatoms. The fraction of sp³-hybridized carbons (Fsp3) is 0.462. The van der Waals surface area contributed by atoms with Gasteiger partial charge >= 0.3 is 12.6 Å². The molecule has 0 radical (unpaired) electrons. The lowest BCUT2D eigenvalue weighted by Crippen LogP contribution is -2.45. The Morgan fingerprint density at radius 3 is 2.68 bits per heavy atom. The largest absolute Gasteiger partial charge is 0.481 e. The second kappa shape index (κ2) is 10.4. The predicted molar refractivity (Wildman–Crippen MR) is 127 cm³/mol. The number of halogens is 3. The monoisotopic (exact) mass is 519 g/mol. The molecule has 0 spiro atoms. The summed E-state index contributed by atoms with van der Waals surface area (Å²) in [6.07, 6.45) is 1.44. The Bertz CT molecular complexity index is 1230. The van der Waals surface area contributed by atoms with Crippen molar-refractivity contribution < 1.29 is 37.4 Å². The maximum atomic E-state index is 15.0. The first kappa shape index (κ1) is 26.4. The van der Waals surface area contributed by atoms with Crippen LogP contribution in [0.2, 0.25) is 0 Å². The van der Waals surface area contributed by atoms with Crippen LogP contribution < -0.4 is 10.1 Å². The van der Waals surface area contributed by atoms with Crippen molar-refractivity contribution in [3.8, 4) is 5.88 Å². The van der Waals surface area contributed by atoms with E-state index in [1.165, 1.54) is 23.1 Å². The number of fused-ring (bicyclic) bond motifs is 2. The van der Waals surface area contributed by atoms with E-state index in [1.54, 1.807) is 6.07 Å². The van der Waals surface area contributed by atoms with Crippen molar-refractivity contribution in [2.75, 3.05) is 11.9 Å². The molecule has 37 heavy (non-hydrogen) atoms. The van der Waals surface area contributed by atoms with Gasteiger partial charge in [0.2, 0.25) is 11.8 Å². The lowest BCUT2D eigenvalue weighted by atomic mass is 9.86. The fourth-order valence-electron chi connectivity index (χ4n) is 5.18. The number of alkyl halides is 2. The molecule has 2 amide bonds. The van der Waals surface area contributed by atoms with Gasteiger partial charge in [-0.1, -0.05) is 13.8 Å². The average molecular weight is 520 g/mol. The molecule has 1 aliphatic heterocycles. The summed E-state index contributed by atoms with van der Waals surface area (Å²) < 4.78 is 44.7. The molecule has 8 nitrogen and oxygen atoms in total. The molecule has 1 atom stereocenters. The smallest absolute Gasteiger partial charge is 0.388 e. The number of benzene rings is 1. The summed E-state index contributed by atoms with van der Waals surface area (Å²) in [6, 6.07) is 4.42. The number of ether oxygens (including phenoxy) is 1. The van der Waals surface area contributed by atoms with Crippen LogP contribution in [0.4, 0.5) is 18.9 Å². The van der Waals surface area contributed by atoms with Gasteiger partial charge in [0, 0.05) is 43.1 Å². The molecule has 0 bridgehead atoms. The Morgan fingerprint density at radius 2 is 1.97 bits per heavy atom. The van der Waals surface area contributed by atoms with Crippen LogP contribution in [0.25, 0.3) is 0 Å². The van der Waals surface area contributed by atoms with Gasteiger partial charge in [0.1, 0.15) is 11.9 Å². The summed E-state index contributed by atoms with van der Waals surface area (Å²) in [5, 5.41) is 11.6. The van der Waals surface area contributed by atoms with Crippen molar-refractivity contribution in [1.29, 1.82) is 0 Å². The number of hydrogen-bond acceptors (Lipinski definition) is 5. The highest BCUT2D eigenvalue weighted by molar-refractivity contribution is 5.98. The molecule has 0 saturated carbocycles. The maximum Gasteiger partial charge on any atom is 0.388 e. The Labute approximate surface area is 211 Å². The molecule has 198 valence electrons. The Hall–Kier alpha value is -3.63. The lowest BCUT2D eigenvalue weighted by molar-refractivity contribution is -0.140. The number of carboxylic acids is 1. The van der Waals surface area contributed by atoms with Gasteiger partial charge in [0.25, 0.3) is 5.91 Å². The van der Waals surface area contributed by atoms with E-state index in [4.69, 9.17) is 5.11 Å². The molecule has 0 fully saturated rings. The number of pyridine rings is 1. The second-order valence-electron chi connectivity index (χ2n) is 9.92. The summed E-state index contributed by atoms with van der Waals surface area (Å²) in [7, 11) is 0. The van der Waals surface area contributed by atoms with Gasteiger partial charge in [0.15, 0.2) is 0 Å². The molecule has 2 heterocycles. The molecule has 4 rings (SSSR count). The van der Waals surface area contributed by atoms with Gasteiger partial charge in [-0.25, -0.2) is 9.37 Å². The number of carboxylic acid groups (broad SMARTS) is 1. The minimum atomic E-state index is -3.07. The number of anilines is 1. The van der Waals surface area contributed by atoms with Gasteiger partial charge in [-0.05, 0) is 54.0 Å². The summed E-state index contributed by atoms with van der Waals surface area (Å²) >= 11 is 0. The van der Waals surface area contributed by atoms with Crippen molar-refractivity contribution in [2.45, 2.75) is 70.4 Å². The molecule has 1 aromatic heterocycles. The van der Waals surface area contributed by atoms with Gasteiger partial charge in [-0.2, -0.15) is 8.78 Å². The first-order chi connectivity index (χ1) is 17.5. The normalized spacial score (nSPS) is 17.8. The van der Waals surface area contributed by atoms with Crippen molar-refractivity contribution >= 4 is 23.5 Å². The minimum Gasteiger partial charge on any atom is -0.481 e. The van der Waals surface area contributed by atoms with Crippen LogP contribution in [0.1, 0.15) is 68.0 Å². The van der Waals surface area contributed by atoms with Crippen LogP contribution in [0.3, 0.4) is 0 Å². The number of aromatic nitrogens is 1. The number of aryl methyl sites for hydroxylation is 1. The third-order valence-corrected chi connectivity index (χ3v) is 6.87. The lowest BCUT2D eigenvalue weighted by Gasteiger charge is -2.36. The minimum absolute atomic E-state index is 0.0643. The van der Waals surface area contributed by atoms with E-state index in [-0.39, 0.29) is 49.2 Å². The number of amides is 2. The maximum absolute atomic E-state index is 15.0. The van der Waals surface area contributed by atoms with Crippen LogP contribution >= 0.6 is 0 Å². The van der Waals surface area contributed by atoms with Crippen molar-refractivity contribution in [2.24, 2.45) is 0 Å². The highest BCUT2D eigenvalue weighted by Gasteiger charge is 2.38. The Morgan fingerprint density at radius 1 is 1.22 bits per heavy atom. The highest BCUT2D eigenvalue weighted by atomic mass is 19.3. The molecule has 2 aliphatic rings. The topological polar surface area (TPSA) is 109 Å². The van der Waals surface area contributed by atoms with Crippen molar-refractivity contribution in [3.63, 3.8) is 0 Å². The number of nitrogens with zero attached hydrogens (tertiary/aromatic N) is 2. The first-order valence-electron chi connectivity index (χ1n) is 12.1. The van der Waals surface area contributed by atoms with Crippen LogP contribution in [0.5, 0.6) is 5.88 Å². The molecule has 2 N–H and O–H groups in total. The molecule has 1 aromatic carbocycles. The van der Waals surface area contributed by atoms with Gasteiger partial charge < -0.3 is 20.1 Å². The van der Waals surface area contributed by atoms with Crippen molar-refractivity contribution in [3.05, 3.63) is 52.5 Å². The van der Waals surface area contributed by atoms with E-state index in [2.05, 4.69) is 15.0 Å². The van der Waals surface area contributed by atoms with Gasteiger partial charge in [0.05, 0.1) is 5.69 Å². The van der Waals surface area contributed by atoms with Crippen molar-refractivity contribution in [1.82, 2.24) is 9.88 Å². The predicted octanol–water partition coefficient (Wildman–Crippen LogP) is 4.37. The van der Waals surface area contributed by atoms with Gasteiger partial charge in [-0.3, -0.25) is 14.4 Å². The number of rotatable bonds is 8. The van der Waals surface area contributed by atoms with Crippen LogP contribution in [0.15, 0.2) is 24.3 Å². The zero-order valence-electron chi connectivity index (χ0n) is 20.5. The number of aliphatic carboxylic acids is 1. The van der Waals surface area contributed by atoms with E-state index in [0.717, 1.165) is 12.0 Å². The summed E-state index contributed by atoms with van der Waals surface area (Å²) in [6.45, 7) is 0.924. The second-order valence-corrected chi connectivity index (χ2v) is 9.92. The van der Waals surface area contributed by atoms with Crippen LogP contribution in [0, 0.1) is 5.82 Å². The summed E-state index contributed by atoms with van der Waals surface area (Å²) in [4.78, 5) is 42.8. The molecule has 1 unspecified atom stereocenters. The van der Waals surface area contributed by atoms with E-state index >= 15 is 0 Å². The van der Waals surface area contributed by atoms with Gasteiger partial charge in [-0.15, -0.1) is 0 Å². The Kier molecular flexibility index (Phi) is 7.42. The van der Waals surface area contributed by atoms with E-state index < -0.39 is 36.3 Å². The number of carbonyl (C=O) groups excluding carboxylic acids is 2. The zero-order chi connectivity index (χ0) is 26.9. The van der Waals surface area contributed by atoms with E-state index in [9.17, 15) is 27.6 Å². The van der Waals surface area contributed by atoms with Crippen LogP contribution in [-0.2, 0) is 32.6 Å². The first-order valence-corrected chi connectivity index (χ1v) is 12.1. The SMILES string of the molecule is CC1(C)CCc2cc(NC(=O)C3c4ccc(OC(F)F)nc4CCN3C(=O)CCCC(=O)O)cc(F)c21. The number of hydrogen-bond donors (Lipinski definition) is 2. The summed E-state index contributed by atoms with van der Waals surface area (Å²) in [5.74, 6) is -2.81. The van der Waals surface area contributed by atoms with E-state index in [1.807, 2.05) is 13.8 Å².